The fraction of sp³-hybridized carbons (Fsp3) is 0.143. The molecule has 0 spiro atoms. The van der Waals surface area contributed by atoms with E-state index in [0.29, 0.717) is 6.54 Å². The van der Waals surface area contributed by atoms with Gasteiger partial charge in [0.05, 0.1) is 24.0 Å². The maximum atomic E-state index is 5.62. The maximum Gasteiger partial charge on any atom is 0.118 e. The third kappa shape index (κ3) is 2.04. The molecule has 0 unspecified atom stereocenters. The second-order valence-electron chi connectivity index (χ2n) is 4.17. The lowest BCUT2D eigenvalue weighted by atomic mass is 10.1. The van der Waals surface area contributed by atoms with Gasteiger partial charge in [-0.25, -0.2) is 9.50 Å². The molecule has 96 valence electrons. The summed E-state index contributed by atoms with van der Waals surface area (Å²) >= 11 is 0. The minimum Gasteiger partial charge on any atom is -0.497 e. The van der Waals surface area contributed by atoms with Crippen molar-refractivity contribution < 1.29 is 4.74 Å². The zero-order valence-electron chi connectivity index (χ0n) is 10.6. The summed E-state index contributed by atoms with van der Waals surface area (Å²) in [5.74, 6) is 0.831. The van der Waals surface area contributed by atoms with E-state index in [1.54, 1.807) is 18.0 Å². The standard InChI is InChI=1S/C14H14N4O/c1-19-11-4-2-10(3-5-11)12-6-7-14-13(8-15)16-9-18(14)17-12/h2-7,9H,8,15H2,1H3. The van der Waals surface area contributed by atoms with Gasteiger partial charge in [-0.15, -0.1) is 0 Å². The van der Waals surface area contributed by atoms with Gasteiger partial charge in [-0.2, -0.15) is 5.10 Å². The number of fused-ring (bicyclic) bond motifs is 1. The van der Waals surface area contributed by atoms with Crippen LogP contribution in [0.4, 0.5) is 0 Å². The van der Waals surface area contributed by atoms with Crippen molar-refractivity contribution in [3.8, 4) is 17.0 Å². The van der Waals surface area contributed by atoms with Crippen LogP contribution in [0.1, 0.15) is 5.69 Å². The second kappa shape index (κ2) is 4.70. The molecule has 0 bridgehead atoms. The van der Waals surface area contributed by atoms with Gasteiger partial charge in [0.25, 0.3) is 0 Å². The van der Waals surface area contributed by atoms with Crippen LogP contribution in [0.15, 0.2) is 42.7 Å². The van der Waals surface area contributed by atoms with Gasteiger partial charge in [0.1, 0.15) is 12.1 Å². The van der Waals surface area contributed by atoms with Crippen molar-refractivity contribution in [1.82, 2.24) is 14.6 Å². The summed E-state index contributed by atoms with van der Waals surface area (Å²) in [5.41, 5.74) is 9.34. The van der Waals surface area contributed by atoms with Crippen molar-refractivity contribution in [2.24, 2.45) is 5.73 Å². The fourth-order valence-corrected chi connectivity index (χ4v) is 2.02. The third-order valence-corrected chi connectivity index (χ3v) is 3.06. The van der Waals surface area contributed by atoms with E-state index in [4.69, 9.17) is 10.5 Å². The number of imidazole rings is 1. The van der Waals surface area contributed by atoms with Crippen molar-refractivity contribution in [3.63, 3.8) is 0 Å². The van der Waals surface area contributed by atoms with E-state index in [1.165, 1.54) is 0 Å². The van der Waals surface area contributed by atoms with Crippen molar-refractivity contribution in [2.45, 2.75) is 6.54 Å². The number of ether oxygens (including phenoxy) is 1. The Morgan fingerprint density at radius 2 is 1.95 bits per heavy atom. The van der Waals surface area contributed by atoms with Gasteiger partial charge in [-0.05, 0) is 36.4 Å². The first-order valence-electron chi connectivity index (χ1n) is 5.99. The Labute approximate surface area is 110 Å². The highest BCUT2D eigenvalue weighted by Gasteiger charge is 2.06. The normalized spacial score (nSPS) is 10.8. The molecule has 2 heterocycles. The van der Waals surface area contributed by atoms with Crippen LogP contribution < -0.4 is 10.5 Å². The molecule has 5 heteroatoms. The summed E-state index contributed by atoms with van der Waals surface area (Å²) in [7, 11) is 1.65. The Morgan fingerprint density at radius 1 is 1.16 bits per heavy atom. The van der Waals surface area contributed by atoms with E-state index in [2.05, 4.69) is 10.1 Å². The summed E-state index contributed by atoms with van der Waals surface area (Å²) in [6.07, 6.45) is 1.69. The van der Waals surface area contributed by atoms with Crippen LogP contribution in [-0.2, 0) is 6.54 Å². The first-order valence-corrected chi connectivity index (χ1v) is 5.99. The zero-order chi connectivity index (χ0) is 13.2. The summed E-state index contributed by atoms with van der Waals surface area (Å²) in [4.78, 5) is 4.23. The molecule has 0 aliphatic heterocycles. The van der Waals surface area contributed by atoms with Crippen LogP contribution in [-0.4, -0.2) is 21.7 Å². The van der Waals surface area contributed by atoms with Crippen molar-refractivity contribution in [2.75, 3.05) is 7.11 Å². The van der Waals surface area contributed by atoms with Crippen molar-refractivity contribution in [1.29, 1.82) is 0 Å². The summed E-state index contributed by atoms with van der Waals surface area (Å²) in [5, 5.41) is 4.53. The van der Waals surface area contributed by atoms with Gasteiger partial charge in [-0.1, -0.05) is 0 Å². The molecule has 1 aromatic carbocycles. The number of nitrogens with two attached hydrogens (primary N) is 1. The number of hydrogen-bond donors (Lipinski definition) is 1. The summed E-state index contributed by atoms with van der Waals surface area (Å²) in [6.45, 7) is 0.417. The lowest BCUT2D eigenvalue weighted by molar-refractivity contribution is 0.415. The molecule has 0 amide bonds. The highest BCUT2D eigenvalue weighted by molar-refractivity contribution is 5.63. The Morgan fingerprint density at radius 3 is 2.63 bits per heavy atom. The van der Waals surface area contributed by atoms with Crippen LogP contribution in [0.25, 0.3) is 16.8 Å². The number of hydrogen-bond acceptors (Lipinski definition) is 4. The smallest absolute Gasteiger partial charge is 0.118 e. The van der Waals surface area contributed by atoms with Crippen LogP contribution in [0.5, 0.6) is 5.75 Å². The molecule has 0 saturated carbocycles. The van der Waals surface area contributed by atoms with E-state index < -0.39 is 0 Å². The molecule has 0 radical (unpaired) electrons. The predicted molar refractivity (Wildman–Crippen MR) is 72.9 cm³/mol. The molecule has 0 atom stereocenters. The number of methoxy groups -OCH3 is 1. The lowest BCUT2D eigenvalue weighted by Crippen LogP contribution is -1.98. The molecule has 0 aliphatic rings. The molecule has 3 aromatic rings. The van der Waals surface area contributed by atoms with Gasteiger partial charge in [-0.3, -0.25) is 0 Å². The van der Waals surface area contributed by atoms with E-state index >= 15 is 0 Å². The number of benzene rings is 1. The monoisotopic (exact) mass is 254 g/mol. The largest absolute Gasteiger partial charge is 0.497 e. The first kappa shape index (κ1) is 11.7. The van der Waals surface area contributed by atoms with Gasteiger partial charge in [0.2, 0.25) is 0 Å². The van der Waals surface area contributed by atoms with E-state index in [1.807, 2.05) is 36.4 Å². The average Bonchev–Trinajstić information content (AvgIpc) is 2.89. The SMILES string of the molecule is COc1ccc(-c2ccc3c(CN)ncn3n2)cc1. The highest BCUT2D eigenvalue weighted by Crippen LogP contribution is 2.21. The molecular formula is C14H14N4O. The maximum absolute atomic E-state index is 5.62. The van der Waals surface area contributed by atoms with E-state index in [0.717, 1.165) is 28.2 Å². The second-order valence-corrected chi connectivity index (χ2v) is 4.17. The molecule has 3 rings (SSSR count). The van der Waals surface area contributed by atoms with Crippen LogP contribution in [0, 0.1) is 0 Å². The Balaban J connectivity index is 2.04. The Hall–Kier alpha value is -2.40. The summed E-state index contributed by atoms with van der Waals surface area (Å²) in [6, 6.07) is 11.8. The Kier molecular flexibility index (Phi) is 2.89. The van der Waals surface area contributed by atoms with Gasteiger partial charge < -0.3 is 10.5 Å². The van der Waals surface area contributed by atoms with E-state index in [9.17, 15) is 0 Å². The van der Waals surface area contributed by atoms with Gasteiger partial charge in [0.15, 0.2) is 0 Å². The van der Waals surface area contributed by atoms with Crippen LogP contribution in [0.3, 0.4) is 0 Å². The van der Waals surface area contributed by atoms with Crippen molar-refractivity contribution in [3.05, 3.63) is 48.4 Å². The predicted octanol–water partition coefficient (Wildman–Crippen LogP) is 1.86. The minimum absolute atomic E-state index is 0.417. The third-order valence-electron chi connectivity index (χ3n) is 3.06. The Bertz CT molecular complexity index is 703. The number of aromatic nitrogens is 3. The van der Waals surface area contributed by atoms with Gasteiger partial charge >= 0.3 is 0 Å². The quantitative estimate of drug-likeness (QED) is 0.774. The van der Waals surface area contributed by atoms with Crippen molar-refractivity contribution >= 4 is 5.52 Å². The first-order chi connectivity index (χ1) is 9.31. The van der Waals surface area contributed by atoms with E-state index in [-0.39, 0.29) is 0 Å². The lowest BCUT2D eigenvalue weighted by Gasteiger charge is -2.04. The molecule has 19 heavy (non-hydrogen) atoms. The molecule has 5 nitrogen and oxygen atoms in total. The number of nitrogens with zero attached hydrogens (tertiary/aromatic N) is 3. The number of rotatable bonds is 3. The molecule has 0 fully saturated rings. The zero-order valence-corrected chi connectivity index (χ0v) is 10.6. The molecule has 0 aliphatic carbocycles. The topological polar surface area (TPSA) is 65.4 Å². The van der Waals surface area contributed by atoms with Crippen LogP contribution in [0.2, 0.25) is 0 Å². The molecule has 2 aromatic heterocycles. The van der Waals surface area contributed by atoms with Crippen LogP contribution >= 0.6 is 0 Å². The molecule has 0 saturated heterocycles. The minimum atomic E-state index is 0.417. The highest BCUT2D eigenvalue weighted by atomic mass is 16.5. The summed E-state index contributed by atoms with van der Waals surface area (Å²) < 4.78 is 6.90. The fourth-order valence-electron chi connectivity index (χ4n) is 2.02. The molecule has 2 N–H and O–H groups in total. The molecular weight excluding hydrogens is 240 g/mol. The van der Waals surface area contributed by atoms with Gasteiger partial charge in [0, 0.05) is 12.1 Å². The average molecular weight is 254 g/mol.